The molecule has 5 rings (SSSR count). The Morgan fingerprint density at radius 2 is 2.03 bits per heavy atom. The molecule has 0 bridgehead atoms. The second-order valence-corrected chi connectivity index (χ2v) is 11.5. The average molecular weight is 513 g/mol. The van der Waals surface area contributed by atoms with Gasteiger partial charge in [-0.05, 0) is 43.0 Å². The Hall–Kier alpha value is -3.44. The Labute approximate surface area is 206 Å². The van der Waals surface area contributed by atoms with Crippen LogP contribution in [0.25, 0.3) is 21.6 Å². The molecule has 0 aliphatic carbocycles. The molecule has 35 heavy (non-hydrogen) atoms. The van der Waals surface area contributed by atoms with E-state index in [1.165, 1.54) is 18.4 Å². The molecule has 182 valence electrons. The molecule has 1 aromatic carbocycles. The van der Waals surface area contributed by atoms with Crippen molar-refractivity contribution in [3.05, 3.63) is 53.0 Å². The third kappa shape index (κ3) is 4.37. The van der Waals surface area contributed by atoms with Gasteiger partial charge in [0.15, 0.2) is 15.5 Å². The number of anilines is 1. The molecular weight excluding hydrogens is 488 g/mol. The summed E-state index contributed by atoms with van der Waals surface area (Å²) in [6, 6.07) is 10.4. The van der Waals surface area contributed by atoms with Crippen LogP contribution in [0.15, 0.2) is 41.8 Å². The van der Waals surface area contributed by atoms with Crippen LogP contribution in [0.5, 0.6) is 11.5 Å². The first kappa shape index (κ1) is 23.3. The second kappa shape index (κ2) is 8.97. The van der Waals surface area contributed by atoms with E-state index in [-0.39, 0.29) is 23.5 Å². The van der Waals surface area contributed by atoms with E-state index in [4.69, 9.17) is 14.5 Å². The fourth-order valence-electron chi connectivity index (χ4n) is 4.36. The van der Waals surface area contributed by atoms with Gasteiger partial charge in [0.25, 0.3) is 5.91 Å². The summed E-state index contributed by atoms with van der Waals surface area (Å²) in [6.07, 6.45) is 0.466. The number of thiophene rings is 1. The zero-order valence-corrected chi connectivity index (χ0v) is 21.1. The van der Waals surface area contributed by atoms with Crippen LogP contribution in [0.2, 0.25) is 0 Å². The maximum Gasteiger partial charge on any atom is 0.256 e. The minimum Gasteiger partial charge on any atom is -0.497 e. The molecule has 1 aliphatic heterocycles. The highest BCUT2D eigenvalue weighted by atomic mass is 32.2. The third-order valence-electron chi connectivity index (χ3n) is 6.07. The summed E-state index contributed by atoms with van der Waals surface area (Å²) in [6.45, 7) is 1.81. The van der Waals surface area contributed by atoms with Gasteiger partial charge in [-0.15, -0.1) is 11.3 Å². The molecule has 9 nitrogen and oxygen atoms in total. The molecule has 3 aromatic heterocycles. The number of benzene rings is 1. The summed E-state index contributed by atoms with van der Waals surface area (Å²) in [7, 11) is -0.0469. The Morgan fingerprint density at radius 3 is 2.69 bits per heavy atom. The minimum atomic E-state index is -3.13. The first-order valence-electron chi connectivity index (χ1n) is 11.0. The number of hydrogen-bond donors (Lipinski definition) is 1. The lowest BCUT2D eigenvalue weighted by Crippen LogP contribution is -2.15. The molecule has 1 atom stereocenters. The summed E-state index contributed by atoms with van der Waals surface area (Å²) in [5.74, 6) is 0.853. The zero-order chi connectivity index (χ0) is 24.7. The van der Waals surface area contributed by atoms with Crippen molar-refractivity contribution >= 4 is 43.8 Å². The number of hydrogen-bond acceptors (Lipinski definition) is 8. The number of rotatable bonds is 6. The van der Waals surface area contributed by atoms with Crippen molar-refractivity contribution in [1.29, 1.82) is 0 Å². The van der Waals surface area contributed by atoms with Gasteiger partial charge in [-0.3, -0.25) is 4.79 Å². The van der Waals surface area contributed by atoms with Crippen LogP contribution in [0.3, 0.4) is 0 Å². The Balaban J connectivity index is 1.64. The lowest BCUT2D eigenvalue weighted by atomic mass is 10.1. The summed E-state index contributed by atoms with van der Waals surface area (Å²) < 4.78 is 36.7. The van der Waals surface area contributed by atoms with Crippen molar-refractivity contribution in [2.45, 2.75) is 19.4 Å². The van der Waals surface area contributed by atoms with Gasteiger partial charge in [0.05, 0.1) is 64.7 Å². The highest BCUT2D eigenvalue weighted by Gasteiger charge is 2.32. The number of nitrogens with one attached hydrogen (secondary N) is 1. The summed E-state index contributed by atoms with van der Waals surface area (Å²) in [5.41, 5.74) is 2.64. The highest BCUT2D eigenvalue weighted by Crippen LogP contribution is 2.35. The van der Waals surface area contributed by atoms with E-state index in [2.05, 4.69) is 10.4 Å². The Bertz CT molecular complexity index is 1530. The molecule has 11 heteroatoms. The van der Waals surface area contributed by atoms with Crippen LogP contribution in [-0.4, -0.2) is 54.8 Å². The van der Waals surface area contributed by atoms with Crippen molar-refractivity contribution in [3.63, 3.8) is 0 Å². The van der Waals surface area contributed by atoms with Crippen molar-refractivity contribution in [2.24, 2.45) is 0 Å². The maximum atomic E-state index is 13.6. The Morgan fingerprint density at radius 1 is 1.20 bits per heavy atom. The van der Waals surface area contributed by atoms with Crippen molar-refractivity contribution < 1.29 is 22.7 Å². The van der Waals surface area contributed by atoms with Gasteiger partial charge in [-0.25, -0.2) is 18.1 Å². The molecule has 4 aromatic rings. The molecule has 1 amide bonds. The fraction of sp³-hybridized carbons (Fsp3) is 0.292. The molecule has 1 N–H and O–H groups in total. The number of methoxy groups -OCH3 is 2. The molecule has 0 saturated carbocycles. The van der Waals surface area contributed by atoms with Crippen molar-refractivity contribution in [2.75, 3.05) is 31.0 Å². The molecule has 1 aliphatic rings. The van der Waals surface area contributed by atoms with Crippen LogP contribution in [-0.2, 0) is 9.84 Å². The van der Waals surface area contributed by atoms with E-state index >= 15 is 0 Å². The number of amides is 1. The molecule has 0 radical (unpaired) electrons. The largest absolute Gasteiger partial charge is 0.497 e. The van der Waals surface area contributed by atoms with Crippen LogP contribution in [0.4, 0.5) is 5.69 Å². The summed E-state index contributed by atoms with van der Waals surface area (Å²) in [4.78, 5) is 19.3. The number of ether oxygens (including phenoxy) is 2. The quantitative estimate of drug-likeness (QED) is 0.414. The first-order chi connectivity index (χ1) is 16.8. The van der Waals surface area contributed by atoms with Gasteiger partial charge in [-0.2, -0.15) is 5.10 Å². The van der Waals surface area contributed by atoms with Crippen LogP contribution in [0.1, 0.15) is 28.5 Å². The molecule has 1 fully saturated rings. The average Bonchev–Trinajstić information content (AvgIpc) is 3.58. The van der Waals surface area contributed by atoms with Crippen molar-refractivity contribution in [3.8, 4) is 22.1 Å². The summed E-state index contributed by atoms with van der Waals surface area (Å²) >= 11 is 1.51. The van der Waals surface area contributed by atoms with E-state index in [9.17, 15) is 13.2 Å². The topological polar surface area (TPSA) is 112 Å². The normalized spacial score (nSPS) is 16.9. The lowest BCUT2D eigenvalue weighted by molar-refractivity contribution is 0.102. The fourth-order valence-corrected chi connectivity index (χ4v) is 6.74. The zero-order valence-electron chi connectivity index (χ0n) is 19.4. The molecule has 4 heterocycles. The standard InChI is InChI=1S/C24H24N4O5S2/c1-14-22-17(24(29)26-18-7-6-16(32-2)11-20(18)33-3)12-19(21-5-4-9-34-21)25-23(22)28(27-14)15-8-10-35(30,31)13-15/h4-7,9,11-12,15H,8,10,13H2,1-3H3,(H,26,29). The molecule has 0 spiro atoms. The van der Waals surface area contributed by atoms with Crippen LogP contribution >= 0.6 is 11.3 Å². The second-order valence-electron chi connectivity index (χ2n) is 8.34. The van der Waals surface area contributed by atoms with Gasteiger partial charge in [0, 0.05) is 6.07 Å². The van der Waals surface area contributed by atoms with Gasteiger partial charge < -0.3 is 14.8 Å². The smallest absolute Gasteiger partial charge is 0.256 e. The predicted octanol–water partition coefficient (Wildman–Crippen LogP) is 4.10. The number of carbonyl (C=O) groups is 1. The predicted molar refractivity (Wildman–Crippen MR) is 135 cm³/mol. The van der Waals surface area contributed by atoms with Gasteiger partial charge in [-0.1, -0.05) is 6.07 Å². The number of aryl methyl sites for hydroxylation is 1. The van der Waals surface area contributed by atoms with Crippen molar-refractivity contribution in [1.82, 2.24) is 14.8 Å². The monoisotopic (exact) mass is 512 g/mol. The molecule has 1 unspecified atom stereocenters. The number of nitrogens with zero attached hydrogens (tertiary/aromatic N) is 3. The third-order valence-corrected chi connectivity index (χ3v) is 8.71. The number of fused-ring (bicyclic) bond motifs is 1. The maximum absolute atomic E-state index is 13.6. The highest BCUT2D eigenvalue weighted by molar-refractivity contribution is 7.91. The number of pyridine rings is 1. The van der Waals surface area contributed by atoms with Crippen LogP contribution < -0.4 is 14.8 Å². The van der Waals surface area contributed by atoms with E-state index in [1.54, 1.807) is 43.0 Å². The SMILES string of the molecule is COc1ccc(NC(=O)c2cc(-c3cccs3)nc3c2c(C)nn3C2CCS(=O)(=O)C2)c(OC)c1. The number of sulfone groups is 1. The van der Waals surface area contributed by atoms with E-state index in [0.717, 1.165) is 4.88 Å². The van der Waals surface area contributed by atoms with Gasteiger partial charge >= 0.3 is 0 Å². The molecule has 1 saturated heterocycles. The van der Waals surface area contributed by atoms with Gasteiger partial charge in [0.1, 0.15) is 11.5 Å². The van der Waals surface area contributed by atoms with E-state index in [1.807, 2.05) is 17.5 Å². The number of carbonyl (C=O) groups excluding carboxylic acids is 1. The van der Waals surface area contributed by atoms with E-state index in [0.29, 0.717) is 51.6 Å². The Kier molecular flexibility index (Phi) is 5.97. The molecular formula is C24H24N4O5S2. The number of aromatic nitrogens is 3. The van der Waals surface area contributed by atoms with E-state index < -0.39 is 9.84 Å². The minimum absolute atomic E-state index is 0.0126. The van der Waals surface area contributed by atoms with Gasteiger partial charge in [0.2, 0.25) is 0 Å². The first-order valence-corrected chi connectivity index (χ1v) is 13.7. The lowest BCUT2D eigenvalue weighted by Gasteiger charge is -2.13. The van der Waals surface area contributed by atoms with Crippen LogP contribution in [0, 0.1) is 6.92 Å². The summed E-state index contributed by atoms with van der Waals surface area (Å²) in [5, 5.41) is 10.1.